The SMILES string of the molecule is CC(=O)C1=CC[C@H]2[C@@H]3CC[C@@H]4c5nonc5CC[C@]4(C)[C@H]3CC[C@]12C. The quantitative estimate of drug-likeness (QED) is 0.757. The first-order chi connectivity index (χ1) is 11.9. The van der Waals surface area contributed by atoms with Crippen molar-refractivity contribution < 1.29 is 9.42 Å². The van der Waals surface area contributed by atoms with Gasteiger partial charge >= 0.3 is 0 Å². The van der Waals surface area contributed by atoms with E-state index in [0.29, 0.717) is 23.0 Å². The average Bonchev–Trinajstić information content (AvgIpc) is 3.17. The molecular formula is C21H28N2O2. The van der Waals surface area contributed by atoms with Crippen molar-refractivity contribution in [2.24, 2.45) is 28.6 Å². The van der Waals surface area contributed by atoms with E-state index in [1.165, 1.54) is 25.7 Å². The summed E-state index contributed by atoms with van der Waals surface area (Å²) in [6, 6.07) is 0. The highest BCUT2D eigenvalue weighted by molar-refractivity contribution is 5.95. The van der Waals surface area contributed by atoms with Gasteiger partial charge < -0.3 is 0 Å². The summed E-state index contributed by atoms with van der Waals surface area (Å²) < 4.78 is 5.08. The molecule has 0 saturated heterocycles. The number of carbonyl (C=O) groups excluding carboxylic acids is 1. The van der Waals surface area contributed by atoms with Crippen LogP contribution in [0.15, 0.2) is 16.3 Å². The van der Waals surface area contributed by atoms with E-state index in [4.69, 9.17) is 4.63 Å². The molecule has 5 rings (SSSR count). The van der Waals surface area contributed by atoms with Crippen LogP contribution in [0.25, 0.3) is 0 Å². The van der Waals surface area contributed by atoms with Crippen LogP contribution in [-0.4, -0.2) is 16.1 Å². The smallest absolute Gasteiger partial charge is 0.156 e. The number of carbonyl (C=O) groups is 1. The molecule has 0 spiro atoms. The van der Waals surface area contributed by atoms with E-state index >= 15 is 0 Å². The van der Waals surface area contributed by atoms with Gasteiger partial charge in [-0.2, -0.15) is 0 Å². The van der Waals surface area contributed by atoms with Crippen LogP contribution in [0.1, 0.15) is 76.6 Å². The fraction of sp³-hybridized carbons (Fsp3) is 0.762. The van der Waals surface area contributed by atoms with Crippen molar-refractivity contribution in [3.05, 3.63) is 23.0 Å². The molecule has 0 radical (unpaired) electrons. The van der Waals surface area contributed by atoms with Crippen LogP contribution >= 0.6 is 0 Å². The van der Waals surface area contributed by atoms with Gasteiger partial charge in [0.15, 0.2) is 5.78 Å². The predicted octanol–water partition coefficient (Wildman–Crippen LogP) is 4.47. The highest BCUT2D eigenvalue weighted by atomic mass is 16.6. The molecule has 1 aromatic rings. The molecule has 0 bridgehead atoms. The summed E-state index contributed by atoms with van der Waals surface area (Å²) in [5, 5.41) is 8.44. The number of fused-ring (bicyclic) bond motifs is 7. The Morgan fingerprint density at radius 1 is 1.16 bits per heavy atom. The molecule has 1 aromatic heterocycles. The van der Waals surface area contributed by atoms with Gasteiger partial charge in [-0.3, -0.25) is 4.79 Å². The monoisotopic (exact) mass is 340 g/mol. The molecule has 4 aliphatic rings. The molecule has 0 amide bonds. The highest BCUT2D eigenvalue weighted by Gasteiger charge is 2.59. The molecule has 0 aliphatic heterocycles. The molecule has 6 atom stereocenters. The van der Waals surface area contributed by atoms with Crippen LogP contribution in [-0.2, 0) is 11.2 Å². The van der Waals surface area contributed by atoms with E-state index in [0.717, 1.165) is 48.1 Å². The van der Waals surface area contributed by atoms with E-state index in [-0.39, 0.29) is 5.41 Å². The van der Waals surface area contributed by atoms with E-state index < -0.39 is 0 Å². The Hall–Kier alpha value is -1.45. The molecule has 0 unspecified atom stereocenters. The van der Waals surface area contributed by atoms with Gasteiger partial charge in [0.1, 0.15) is 11.4 Å². The number of allylic oxidation sites excluding steroid dienone is 2. The van der Waals surface area contributed by atoms with Crippen LogP contribution in [0.2, 0.25) is 0 Å². The molecule has 0 aromatic carbocycles. The van der Waals surface area contributed by atoms with Gasteiger partial charge in [-0.25, -0.2) is 4.63 Å². The number of hydrogen-bond donors (Lipinski definition) is 0. The summed E-state index contributed by atoms with van der Waals surface area (Å²) in [7, 11) is 0. The maximum absolute atomic E-state index is 12.2. The number of aryl methyl sites for hydroxylation is 1. The second-order valence-corrected chi connectivity index (χ2v) is 9.47. The lowest BCUT2D eigenvalue weighted by Crippen LogP contribution is -2.52. The zero-order valence-corrected chi connectivity index (χ0v) is 15.5. The summed E-state index contributed by atoms with van der Waals surface area (Å²) >= 11 is 0. The van der Waals surface area contributed by atoms with E-state index in [1.54, 1.807) is 6.92 Å². The van der Waals surface area contributed by atoms with E-state index in [1.807, 2.05) is 0 Å². The van der Waals surface area contributed by atoms with Crippen molar-refractivity contribution >= 4 is 5.78 Å². The number of nitrogens with zero attached hydrogens (tertiary/aromatic N) is 2. The summed E-state index contributed by atoms with van der Waals surface area (Å²) in [5.74, 6) is 2.94. The van der Waals surface area contributed by atoms with Gasteiger partial charge in [-0.05, 0) is 86.0 Å². The van der Waals surface area contributed by atoms with Crippen molar-refractivity contribution in [3.63, 3.8) is 0 Å². The van der Waals surface area contributed by atoms with Gasteiger partial charge in [0.2, 0.25) is 0 Å². The maximum atomic E-state index is 12.2. The largest absolute Gasteiger partial charge is 0.295 e. The molecule has 1 heterocycles. The van der Waals surface area contributed by atoms with Crippen molar-refractivity contribution in [2.75, 3.05) is 0 Å². The van der Waals surface area contributed by atoms with Gasteiger partial charge in [0.25, 0.3) is 0 Å². The Balaban J connectivity index is 1.49. The second-order valence-electron chi connectivity index (χ2n) is 9.47. The fourth-order valence-electron chi connectivity index (χ4n) is 7.42. The molecular weight excluding hydrogens is 312 g/mol. The minimum absolute atomic E-state index is 0.117. The Bertz CT molecular complexity index is 766. The van der Waals surface area contributed by atoms with Crippen molar-refractivity contribution in [3.8, 4) is 0 Å². The normalized spacial score (nSPS) is 45.0. The number of aromatic nitrogens is 2. The highest BCUT2D eigenvalue weighted by Crippen LogP contribution is 2.67. The number of rotatable bonds is 1. The first-order valence-corrected chi connectivity index (χ1v) is 9.98. The molecule has 25 heavy (non-hydrogen) atoms. The van der Waals surface area contributed by atoms with E-state index in [2.05, 4.69) is 30.2 Å². The van der Waals surface area contributed by atoms with Crippen molar-refractivity contribution in [1.29, 1.82) is 0 Å². The fourth-order valence-corrected chi connectivity index (χ4v) is 7.42. The van der Waals surface area contributed by atoms with Crippen LogP contribution in [0.5, 0.6) is 0 Å². The Morgan fingerprint density at radius 2 is 2.00 bits per heavy atom. The number of hydrogen-bond acceptors (Lipinski definition) is 4. The van der Waals surface area contributed by atoms with Gasteiger partial charge in [-0.15, -0.1) is 0 Å². The van der Waals surface area contributed by atoms with Crippen LogP contribution in [0.4, 0.5) is 0 Å². The van der Waals surface area contributed by atoms with E-state index in [9.17, 15) is 4.79 Å². The molecule has 2 saturated carbocycles. The molecule has 4 aliphatic carbocycles. The third-order valence-electron chi connectivity index (χ3n) is 8.65. The van der Waals surface area contributed by atoms with Gasteiger partial charge in [0.05, 0.1) is 0 Å². The molecule has 134 valence electrons. The lowest BCUT2D eigenvalue weighted by atomic mass is 9.45. The lowest BCUT2D eigenvalue weighted by Gasteiger charge is -2.59. The van der Waals surface area contributed by atoms with Crippen LogP contribution in [0, 0.1) is 28.6 Å². The summed E-state index contributed by atoms with van der Waals surface area (Å²) in [6.07, 6.45) is 10.4. The van der Waals surface area contributed by atoms with Crippen LogP contribution < -0.4 is 0 Å². The van der Waals surface area contributed by atoms with Crippen molar-refractivity contribution in [2.45, 2.75) is 71.6 Å². The molecule has 4 nitrogen and oxygen atoms in total. The lowest BCUT2D eigenvalue weighted by molar-refractivity contribution is -0.116. The maximum Gasteiger partial charge on any atom is 0.156 e. The minimum atomic E-state index is 0.117. The summed E-state index contributed by atoms with van der Waals surface area (Å²) in [4.78, 5) is 12.2. The standard InChI is InChI=1S/C21H28N2O2/c1-12(24)14-6-7-15-13-4-5-17-19-18(22-25-23-19)9-11-21(17,3)16(13)8-10-20(14,15)2/h6,13,15-17H,4-5,7-11H2,1-3H3/t13-,15-,16-,17+,20+,21+/m0/s1. The van der Waals surface area contributed by atoms with Crippen molar-refractivity contribution in [1.82, 2.24) is 10.3 Å². The van der Waals surface area contributed by atoms with Crippen LogP contribution in [0.3, 0.4) is 0 Å². The Kier molecular flexibility index (Phi) is 3.19. The van der Waals surface area contributed by atoms with Gasteiger partial charge in [0, 0.05) is 5.92 Å². The second kappa shape index (κ2) is 5.05. The molecule has 2 fully saturated rings. The Labute approximate surface area is 149 Å². The average molecular weight is 340 g/mol. The third-order valence-corrected chi connectivity index (χ3v) is 8.65. The first-order valence-electron chi connectivity index (χ1n) is 9.98. The summed E-state index contributed by atoms with van der Waals surface area (Å²) in [6.45, 7) is 6.62. The molecule has 4 heteroatoms. The minimum Gasteiger partial charge on any atom is -0.295 e. The number of Topliss-reactive ketones (excluding diaryl/α,β-unsaturated/α-hetero) is 1. The zero-order chi connectivity index (χ0) is 17.4. The topological polar surface area (TPSA) is 56.0 Å². The third kappa shape index (κ3) is 1.91. The first kappa shape index (κ1) is 15.8. The summed E-state index contributed by atoms with van der Waals surface area (Å²) in [5.41, 5.74) is 3.80. The van der Waals surface area contributed by atoms with Gasteiger partial charge in [-0.1, -0.05) is 30.2 Å². The molecule has 0 N–H and O–H groups in total. The zero-order valence-electron chi connectivity index (χ0n) is 15.5. The number of ketones is 1. The Morgan fingerprint density at radius 3 is 2.80 bits per heavy atom. The predicted molar refractivity (Wildman–Crippen MR) is 93.9 cm³/mol.